The Morgan fingerprint density at radius 2 is 1.62 bits per heavy atom. The summed E-state index contributed by atoms with van der Waals surface area (Å²) >= 11 is 0. The number of hydrogen-bond donors (Lipinski definition) is 2. The second-order valence-corrected chi connectivity index (χ2v) is 8.40. The molecule has 1 aromatic carbocycles. The van der Waals surface area contributed by atoms with E-state index in [4.69, 9.17) is 0 Å². The van der Waals surface area contributed by atoms with E-state index >= 15 is 0 Å². The van der Waals surface area contributed by atoms with Crippen molar-refractivity contribution in [2.24, 2.45) is 7.05 Å². The van der Waals surface area contributed by atoms with E-state index < -0.39 is 17.6 Å². The number of aryl methyl sites for hydroxylation is 1. The lowest BCUT2D eigenvalue weighted by Gasteiger charge is -2.42. The third-order valence-electron chi connectivity index (χ3n) is 6.60. The van der Waals surface area contributed by atoms with E-state index in [0.717, 1.165) is 35.7 Å². The third-order valence-corrected chi connectivity index (χ3v) is 6.60. The molecular weight excluding hydrogens is 370 g/mol. The van der Waals surface area contributed by atoms with E-state index in [0.29, 0.717) is 39.0 Å². The highest BCUT2D eigenvalue weighted by Gasteiger charge is 2.46. The fourth-order valence-corrected chi connectivity index (χ4v) is 5.01. The maximum Gasteiger partial charge on any atom is 0.407 e. The van der Waals surface area contributed by atoms with Crippen molar-refractivity contribution in [1.82, 2.24) is 14.4 Å². The smallest absolute Gasteiger partial charge is 0.407 e. The van der Waals surface area contributed by atoms with Crippen LogP contribution in [0.3, 0.4) is 0 Å². The summed E-state index contributed by atoms with van der Waals surface area (Å²) in [6.07, 6.45) is 5.16. The van der Waals surface area contributed by atoms with Crippen molar-refractivity contribution in [3.8, 4) is 0 Å². The van der Waals surface area contributed by atoms with Gasteiger partial charge in [0.05, 0.1) is 11.5 Å². The number of benzene rings is 1. The topological polar surface area (TPSA) is 86.0 Å². The van der Waals surface area contributed by atoms with Crippen LogP contribution in [0.2, 0.25) is 0 Å². The molecule has 1 unspecified atom stereocenters. The molecule has 7 nitrogen and oxygen atoms in total. The molecule has 1 atom stereocenters. The fraction of sp³-hybridized carbons (Fsp3) is 0.545. The van der Waals surface area contributed by atoms with Gasteiger partial charge in [0, 0.05) is 50.3 Å². The minimum absolute atomic E-state index is 0.0872. The van der Waals surface area contributed by atoms with Crippen LogP contribution in [0.5, 0.6) is 0 Å². The molecule has 2 heterocycles. The SMILES string of the molecule is Cn1cc(C(C(=O)N2CCN(C(=O)O)CC2)C2(O)CCCCC2)c2ccccc21. The summed E-state index contributed by atoms with van der Waals surface area (Å²) in [7, 11) is 1.96. The number of rotatable bonds is 3. The van der Waals surface area contributed by atoms with Crippen LogP contribution >= 0.6 is 0 Å². The number of hydrogen-bond acceptors (Lipinski definition) is 3. The molecule has 0 spiro atoms. The molecule has 1 saturated heterocycles. The summed E-state index contributed by atoms with van der Waals surface area (Å²) in [6, 6.07) is 7.98. The second kappa shape index (κ2) is 7.71. The molecular formula is C22H29N3O4. The van der Waals surface area contributed by atoms with E-state index in [-0.39, 0.29) is 5.91 Å². The maximum absolute atomic E-state index is 13.7. The average Bonchev–Trinajstić information content (AvgIpc) is 3.05. The molecule has 2 aliphatic rings. The molecule has 2 N–H and O–H groups in total. The van der Waals surface area contributed by atoms with Crippen molar-refractivity contribution < 1.29 is 19.8 Å². The van der Waals surface area contributed by atoms with Gasteiger partial charge in [-0.2, -0.15) is 0 Å². The van der Waals surface area contributed by atoms with Gasteiger partial charge in [0.25, 0.3) is 0 Å². The van der Waals surface area contributed by atoms with Crippen molar-refractivity contribution in [3.63, 3.8) is 0 Å². The fourth-order valence-electron chi connectivity index (χ4n) is 5.01. The van der Waals surface area contributed by atoms with Gasteiger partial charge in [-0.25, -0.2) is 4.79 Å². The number of carbonyl (C=O) groups is 2. The number of piperazine rings is 1. The Labute approximate surface area is 170 Å². The van der Waals surface area contributed by atoms with Crippen LogP contribution < -0.4 is 0 Å². The van der Waals surface area contributed by atoms with Gasteiger partial charge < -0.3 is 24.6 Å². The van der Waals surface area contributed by atoms with Gasteiger partial charge in [0.15, 0.2) is 0 Å². The van der Waals surface area contributed by atoms with Crippen LogP contribution in [0.1, 0.15) is 43.6 Å². The molecule has 4 rings (SSSR count). The maximum atomic E-state index is 13.7. The number of aromatic nitrogens is 1. The Morgan fingerprint density at radius 3 is 2.28 bits per heavy atom. The van der Waals surface area contributed by atoms with Crippen LogP contribution in [0, 0.1) is 0 Å². The molecule has 1 saturated carbocycles. The molecule has 2 fully saturated rings. The predicted octanol–water partition coefficient (Wildman–Crippen LogP) is 2.78. The van der Waals surface area contributed by atoms with Gasteiger partial charge >= 0.3 is 6.09 Å². The molecule has 7 heteroatoms. The standard InChI is InChI=1S/C22H29N3O4/c1-23-15-17(16-7-3-4-8-18(16)23)19(22(29)9-5-2-6-10-22)20(26)24-11-13-25(14-12-24)21(27)28/h3-4,7-8,15,19,29H,2,5-6,9-14H2,1H3,(H,27,28). The lowest BCUT2D eigenvalue weighted by molar-refractivity contribution is -0.143. The van der Waals surface area contributed by atoms with Gasteiger partial charge in [0.1, 0.15) is 0 Å². The molecule has 2 amide bonds. The van der Waals surface area contributed by atoms with Crippen LogP contribution in [0.25, 0.3) is 10.9 Å². The monoisotopic (exact) mass is 399 g/mol. The number of carbonyl (C=O) groups excluding carboxylic acids is 1. The van der Waals surface area contributed by atoms with E-state index in [9.17, 15) is 19.8 Å². The van der Waals surface area contributed by atoms with Crippen molar-refractivity contribution in [1.29, 1.82) is 0 Å². The first-order chi connectivity index (χ1) is 13.9. The first kappa shape index (κ1) is 19.8. The lowest BCUT2D eigenvalue weighted by Crippen LogP contribution is -2.54. The van der Waals surface area contributed by atoms with E-state index in [1.54, 1.807) is 4.90 Å². The molecule has 1 aliphatic heterocycles. The van der Waals surface area contributed by atoms with Crippen LogP contribution in [-0.2, 0) is 11.8 Å². The first-order valence-corrected chi connectivity index (χ1v) is 10.4. The van der Waals surface area contributed by atoms with Gasteiger partial charge in [0.2, 0.25) is 5.91 Å². The van der Waals surface area contributed by atoms with Crippen LogP contribution in [0.4, 0.5) is 4.79 Å². The van der Waals surface area contributed by atoms with Crippen molar-refractivity contribution >= 4 is 22.9 Å². The zero-order valence-corrected chi connectivity index (χ0v) is 16.9. The van der Waals surface area contributed by atoms with Gasteiger partial charge in [-0.3, -0.25) is 4.79 Å². The Balaban J connectivity index is 1.71. The zero-order valence-electron chi connectivity index (χ0n) is 16.9. The van der Waals surface area contributed by atoms with Gasteiger partial charge in [-0.15, -0.1) is 0 Å². The van der Waals surface area contributed by atoms with Crippen LogP contribution in [0.15, 0.2) is 30.5 Å². The number of para-hydroxylation sites is 1. The van der Waals surface area contributed by atoms with Gasteiger partial charge in [-0.05, 0) is 24.5 Å². The van der Waals surface area contributed by atoms with E-state index in [2.05, 4.69) is 0 Å². The van der Waals surface area contributed by atoms with Crippen molar-refractivity contribution in [2.45, 2.75) is 43.6 Å². The van der Waals surface area contributed by atoms with Crippen molar-refractivity contribution in [2.75, 3.05) is 26.2 Å². The molecule has 1 aromatic heterocycles. The quantitative estimate of drug-likeness (QED) is 0.831. The minimum atomic E-state index is -1.07. The number of fused-ring (bicyclic) bond motifs is 1. The van der Waals surface area contributed by atoms with Crippen LogP contribution in [-0.4, -0.2) is 68.4 Å². The Hall–Kier alpha value is -2.54. The molecule has 0 radical (unpaired) electrons. The molecule has 0 bridgehead atoms. The normalized spacial score (nSPS) is 20.6. The molecule has 2 aromatic rings. The van der Waals surface area contributed by atoms with E-state index in [1.807, 2.05) is 42.1 Å². The lowest BCUT2D eigenvalue weighted by atomic mass is 9.72. The summed E-state index contributed by atoms with van der Waals surface area (Å²) in [5.41, 5.74) is 0.845. The number of nitrogens with zero attached hydrogens (tertiary/aromatic N) is 3. The van der Waals surface area contributed by atoms with E-state index in [1.165, 1.54) is 4.90 Å². The highest BCUT2D eigenvalue weighted by atomic mass is 16.4. The highest BCUT2D eigenvalue weighted by molar-refractivity contribution is 5.93. The number of aliphatic hydroxyl groups is 1. The van der Waals surface area contributed by atoms with Gasteiger partial charge in [-0.1, -0.05) is 37.5 Å². The average molecular weight is 399 g/mol. The molecule has 1 aliphatic carbocycles. The summed E-state index contributed by atoms with van der Waals surface area (Å²) in [5, 5.41) is 21.8. The summed E-state index contributed by atoms with van der Waals surface area (Å²) < 4.78 is 2.01. The first-order valence-electron chi connectivity index (χ1n) is 10.4. The zero-order chi connectivity index (χ0) is 20.6. The Bertz CT molecular complexity index is 908. The van der Waals surface area contributed by atoms with Crippen molar-refractivity contribution in [3.05, 3.63) is 36.0 Å². The Morgan fingerprint density at radius 1 is 1.00 bits per heavy atom. The Kier molecular flexibility index (Phi) is 5.25. The number of amides is 2. The number of carboxylic acid groups (broad SMARTS) is 1. The highest BCUT2D eigenvalue weighted by Crippen LogP contribution is 2.43. The summed E-state index contributed by atoms with van der Waals surface area (Å²) in [4.78, 5) is 28.0. The summed E-state index contributed by atoms with van der Waals surface area (Å²) in [5.74, 6) is -0.721. The third kappa shape index (κ3) is 3.59. The largest absolute Gasteiger partial charge is 0.465 e. The minimum Gasteiger partial charge on any atom is -0.465 e. The molecule has 29 heavy (non-hydrogen) atoms. The molecule has 156 valence electrons. The predicted molar refractivity (Wildman–Crippen MR) is 110 cm³/mol. The summed E-state index contributed by atoms with van der Waals surface area (Å²) in [6.45, 7) is 1.34. The second-order valence-electron chi connectivity index (χ2n) is 8.40.